The van der Waals surface area contributed by atoms with E-state index in [1.807, 2.05) is 0 Å². The Kier molecular flexibility index (Phi) is 4.43. The number of nitrogens with one attached hydrogen (secondary N) is 1. The summed E-state index contributed by atoms with van der Waals surface area (Å²) in [5, 5.41) is 2.68. The molecule has 0 aliphatic rings. The molecule has 0 aliphatic heterocycles. The highest BCUT2D eigenvalue weighted by Crippen LogP contribution is 2.12. The first-order valence-electron chi connectivity index (χ1n) is 4.80. The molecule has 0 radical (unpaired) electrons. The predicted octanol–water partition coefficient (Wildman–Crippen LogP) is 0.685. The largest absolute Gasteiger partial charge is 0.448 e. The van der Waals surface area contributed by atoms with Crippen LogP contribution in [0.2, 0.25) is 0 Å². The molecule has 1 heterocycles. The molecule has 0 aliphatic carbocycles. The van der Waals surface area contributed by atoms with Crippen LogP contribution in [0.3, 0.4) is 0 Å². The summed E-state index contributed by atoms with van der Waals surface area (Å²) in [5.74, 6) is -0.385. The lowest BCUT2D eigenvalue weighted by Gasteiger charge is -2.07. The van der Waals surface area contributed by atoms with Gasteiger partial charge in [-0.2, -0.15) is 0 Å². The number of aryl methyl sites for hydroxylation is 1. The topological polar surface area (TPSA) is 90.1 Å². The summed E-state index contributed by atoms with van der Waals surface area (Å²) < 4.78 is 18.0. The lowest BCUT2D eigenvalue weighted by molar-refractivity contribution is 0.161. The summed E-state index contributed by atoms with van der Waals surface area (Å²) >= 11 is 0. The number of aromatic nitrogens is 2. The number of hydrogen-bond acceptors (Lipinski definition) is 5. The van der Waals surface area contributed by atoms with Crippen LogP contribution in [-0.2, 0) is 11.2 Å². The Morgan fingerprint density at radius 1 is 1.62 bits per heavy atom. The number of amides is 1. The summed E-state index contributed by atoms with van der Waals surface area (Å²) in [6.07, 6.45) is 0.902. The summed E-state index contributed by atoms with van der Waals surface area (Å²) in [6.45, 7) is 2.09. The number of carbonyl (C=O) groups is 1. The van der Waals surface area contributed by atoms with Crippen molar-refractivity contribution in [3.63, 3.8) is 0 Å². The minimum atomic E-state index is -0.862. The fourth-order valence-corrected chi connectivity index (χ4v) is 1.10. The standard InChI is InChI=1S/C9H13FN4O2/c1-2-6-7(10)8(14-5-13-6)12-3-4-16-9(11)15/h5H,2-4H2,1H3,(H2,11,15)(H,12,13,14). The number of hydrogen-bond donors (Lipinski definition) is 2. The second-order valence-corrected chi connectivity index (χ2v) is 2.93. The van der Waals surface area contributed by atoms with Crippen molar-refractivity contribution in [2.45, 2.75) is 13.3 Å². The molecule has 1 aromatic rings. The van der Waals surface area contributed by atoms with E-state index in [2.05, 4.69) is 20.0 Å². The maximum Gasteiger partial charge on any atom is 0.404 e. The van der Waals surface area contributed by atoms with Gasteiger partial charge in [-0.15, -0.1) is 0 Å². The van der Waals surface area contributed by atoms with E-state index in [4.69, 9.17) is 5.73 Å². The van der Waals surface area contributed by atoms with E-state index >= 15 is 0 Å². The lowest BCUT2D eigenvalue weighted by Crippen LogP contribution is -2.19. The molecule has 0 atom stereocenters. The number of ether oxygens (including phenoxy) is 1. The molecule has 0 spiro atoms. The second kappa shape index (κ2) is 5.84. The Morgan fingerprint density at radius 3 is 3.00 bits per heavy atom. The van der Waals surface area contributed by atoms with E-state index in [0.717, 1.165) is 0 Å². The van der Waals surface area contributed by atoms with Gasteiger partial charge in [0.1, 0.15) is 12.9 Å². The van der Waals surface area contributed by atoms with Crippen molar-refractivity contribution in [1.29, 1.82) is 0 Å². The molecule has 1 amide bonds. The molecule has 88 valence electrons. The maximum atomic E-state index is 13.5. The van der Waals surface area contributed by atoms with Crippen molar-refractivity contribution in [2.24, 2.45) is 5.73 Å². The summed E-state index contributed by atoms with van der Waals surface area (Å²) in [6, 6.07) is 0. The summed E-state index contributed by atoms with van der Waals surface area (Å²) in [4.78, 5) is 17.8. The molecule has 1 aromatic heterocycles. The fraction of sp³-hybridized carbons (Fsp3) is 0.444. The van der Waals surface area contributed by atoms with Crippen molar-refractivity contribution >= 4 is 11.9 Å². The van der Waals surface area contributed by atoms with Crippen LogP contribution >= 0.6 is 0 Å². The van der Waals surface area contributed by atoms with Gasteiger partial charge in [0.15, 0.2) is 11.6 Å². The highest BCUT2D eigenvalue weighted by atomic mass is 19.1. The highest BCUT2D eigenvalue weighted by molar-refractivity contribution is 5.64. The van der Waals surface area contributed by atoms with Gasteiger partial charge in [-0.3, -0.25) is 0 Å². The van der Waals surface area contributed by atoms with Crippen molar-refractivity contribution in [1.82, 2.24) is 9.97 Å². The molecule has 0 fully saturated rings. The van der Waals surface area contributed by atoms with Crippen LogP contribution in [0, 0.1) is 5.82 Å². The van der Waals surface area contributed by atoms with Crippen LogP contribution in [0.1, 0.15) is 12.6 Å². The second-order valence-electron chi connectivity index (χ2n) is 2.93. The fourth-order valence-electron chi connectivity index (χ4n) is 1.10. The SMILES string of the molecule is CCc1ncnc(NCCOC(N)=O)c1F. The van der Waals surface area contributed by atoms with Crippen molar-refractivity contribution in [2.75, 3.05) is 18.5 Å². The maximum absolute atomic E-state index is 13.5. The van der Waals surface area contributed by atoms with Crippen molar-refractivity contribution < 1.29 is 13.9 Å². The number of anilines is 1. The van der Waals surface area contributed by atoms with E-state index in [0.29, 0.717) is 12.1 Å². The van der Waals surface area contributed by atoms with Crippen molar-refractivity contribution in [3.8, 4) is 0 Å². The molecule has 16 heavy (non-hydrogen) atoms. The zero-order valence-corrected chi connectivity index (χ0v) is 8.86. The zero-order valence-electron chi connectivity index (χ0n) is 8.86. The smallest absolute Gasteiger partial charge is 0.404 e. The third kappa shape index (κ3) is 3.34. The third-order valence-electron chi connectivity index (χ3n) is 1.84. The molecule has 0 saturated carbocycles. The summed E-state index contributed by atoms with van der Waals surface area (Å²) in [5.41, 5.74) is 5.10. The van der Waals surface area contributed by atoms with Crippen LogP contribution < -0.4 is 11.1 Å². The van der Waals surface area contributed by atoms with Gasteiger partial charge in [-0.05, 0) is 6.42 Å². The molecule has 6 nitrogen and oxygen atoms in total. The molecule has 0 bridgehead atoms. The molecular weight excluding hydrogens is 215 g/mol. The Bertz CT molecular complexity index is 373. The lowest BCUT2D eigenvalue weighted by atomic mass is 10.3. The number of primary amides is 1. The molecule has 1 rings (SSSR count). The van der Waals surface area contributed by atoms with Gasteiger partial charge in [0.25, 0.3) is 0 Å². The van der Waals surface area contributed by atoms with Crippen LogP contribution in [0.25, 0.3) is 0 Å². The molecule has 0 unspecified atom stereocenters. The van der Waals surface area contributed by atoms with Gasteiger partial charge in [0.05, 0.1) is 12.2 Å². The molecule has 3 N–H and O–H groups in total. The number of rotatable bonds is 5. The first kappa shape index (κ1) is 12.2. The van der Waals surface area contributed by atoms with Gasteiger partial charge < -0.3 is 15.8 Å². The number of nitrogens with zero attached hydrogens (tertiary/aromatic N) is 2. The average molecular weight is 228 g/mol. The van der Waals surface area contributed by atoms with Crippen LogP contribution in [0.4, 0.5) is 15.0 Å². The monoisotopic (exact) mass is 228 g/mol. The van der Waals surface area contributed by atoms with E-state index in [9.17, 15) is 9.18 Å². The normalized spacial score (nSPS) is 9.88. The van der Waals surface area contributed by atoms with Crippen LogP contribution in [0.5, 0.6) is 0 Å². The first-order chi connectivity index (χ1) is 7.65. The van der Waals surface area contributed by atoms with Gasteiger partial charge in [-0.1, -0.05) is 6.92 Å². The molecular formula is C9H13FN4O2. The minimum Gasteiger partial charge on any atom is -0.448 e. The number of halogens is 1. The van der Waals surface area contributed by atoms with E-state index in [-0.39, 0.29) is 19.0 Å². The predicted molar refractivity (Wildman–Crippen MR) is 55.4 cm³/mol. The highest BCUT2D eigenvalue weighted by Gasteiger charge is 2.08. The number of nitrogens with two attached hydrogens (primary N) is 1. The van der Waals surface area contributed by atoms with Gasteiger partial charge in [0.2, 0.25) is 0 Å². The number of carbonyl (C=O) groups excluding carboxylic acids is 1. The first-order valence-corrected chi connectivity index (χ1v) is 4.80. The average Bonchev–Trinajstić information content (AvgIpc) is 2.26. The Labute approximate surface area is 92.0 Å². The molecule has 0 saturated heterocycles. The third-order valence-corrected chi connectivity index (χ3v) is 1.84. The van der Waals surface area contributed by atoms with E-state index < -0.39 is 11.9 Å². The van der Waals surface area contributed by atoms with E-state index in [1.165, 1.54) is 6.33 Å². The van der Waals surface area contributed by atoms with Gasteiger partial charge in [0, 0.05) is 0 Å². The van der Waals surface area contributed by atoms with Crippen molar-refractivity contribution in [3.05, 3.63) is 17.8 Å². The van der Waals surface area contributed by atoms with Gasteiger partial charge >= 0.3 is 6.09 Å². The molecule has 0 aromatic carbocycles. The van der Waals surface area contributed by atoms with E-state index in [1.54, 1.807) is 6.92 Å². The molecule has 7 heteroatoms. The van der Waals surface area contributed by atoms with Crippen LogP contribution in [0.15, 0.2) is 6.33 Å². The van der Waals surface area contributed by atoms with Gasteiger partial charge in [-0.25, -0.2) is 19.2 Å². The quantitative estimate of drug-likeness (QED) is 0.723. The summed E-state index contributed by atoms with van der Waals surface area (Å²) in [7, 11) is 0. The Morgan fingerprint density at radius 2 is 2.38 bits per heavy atom. The Hall–Kier alpha value is -1.92. The Balaban J connectivity index is 2.50. The van der Waals surface area contributed by atoms with Crippen LogP contribution in [-0.4, -0.2) is 29.2 Å². The minimum absolute atomic E-state index is 0.0558. The zero-order chi connectivity index (χ0) is 12.0.